The minimum absolute atomic E-state index is 0.594. The predicted octanol–water partition coefficient (Wildman–Crippen LogP) is 1.83. The monoisotopic (exact) mass is 197 g/mol. The van der Waals surface area contributed by atoms with Gasteiger partial charge in [-0.3, -0.25) is 4.99 Å². The predicted molar refractivity (Wildman–Crippen MR) is 61.3 cm³/mol. The molecule has 0 heterocycles. The number of hydrogen-bond donors (Lipinski definition) is 1. The van der Waals surface area contributed by atoms with Gasteiger partial charge in [-0.05, 0) is 25.2 Å². The van der Waals surface area contributed by atoms with E-state index in [4.69, 9.17) is 5.73 Å². The lowest BCUT2D eigenvalue weighted by Gasteiger charge is -2.22. The van der Waals surface area contributed by atoms with E-state index in [0.717, 1.165) is 25.5 Å². The Balaban J connectivity index is 2.44. The molecule has 3 nitrogen and oxygen atoms in total. The number of hydrogen-bond acceptors (Lipinski definition) is 1. The van der Waals surface area contributed by atoms with Crippen molar-refractivity contribution < 1.29 is 0 Å². The molecule has 0 atom stereocenters. The van der Waals surface area contributed by atoms with Gasteiger partial charge in [-0.25, -0.2) is 0 Å². The molecule has 0 radical (unpaired) electrons. The standard InChI is InChI=1S/C11H23N3/c1-4-7-14(10-5-6-10)11(12)13-8-9(2)3/h9-10H,4-8H2,1-3H3,(H2,12,13). The van der Waals surface area contributed by atoms with Crippen molar-refractivity contribution in [3.05, 3.63) is 0 Å². The van der Waals surface area contributed by atoms with Crippen LogP contribution in [0.1, 0.15) is 40.0 Å². The molecule has 2 N–H and O–H groups in total. The third-order valence-electron chi connectivity index (χ3n) is 2.36. The van der Waals surface area contributed by atoms with Gasteiger partial charge < -0.3 is 10.6 Å². The second-order valence-electron chi connectivity index (χ2n) is 4.52. The molecule has 0 spiro atoms. The average Bonchev–Trinajstić information content (AvgIpc) is 2.93. The summed E-state index contributed by atoms with van der Waals surface area (Å²) >= 11 is 0. The molecule has 0 unspecified atom stereocenters. The fourth-order valence-electron chi connectivity index (χ4n) is 1.48. The van der Waals surface area contributed by atoms with Crippen molar-refractivity contribution in [2.45, 2.75) is 46.1 Å². The van der Waals surface area contributed by atoms with Crippen LogP contribution in [0.15, 0.2) is 4.99 Å². The Labute approximate surface area is 87.4 Å². The summed E-state index contributed by atoms with van der Waals surface area (Å²) in [5.41, 5.74) is 5.97. The maximum absolute atomic E-state index is 5.97. The number of aliphatic imine (C=N–C) groups is 1. The van der Waals surface area contributed by atoms with Crippen molar-refractivity contribution in [1.82, 2.24) is 4.90 Å². The number of nitrogens with two attached hydrogens (primary N) is 1. The maximum Gasteiger partial charge on any atom is 0.191 e. The highest BCUT2D eigenvalue weighted by molar-refractivity contribution is 5.78. The summed E-state index contributed by atoms with van der Waals surface area (Å²) in [5.74, 6) is 1.35. The van der Waals surface area contributed by atoms with E-state index < -0.39 is 0 Å². The Morgan fingerprint density at radius 2 is 2.14 bits per heavy atom. The SMILES string of the molecule is CCCN(C(N)=NCC(C)C)C1CC1. The molecule has 0 aromatic carbocycles. The summed E-state index contributed by atoms with van der Waals surface area (Å²) in [6.07, 6.45) is 3.73. The van der Waals surface area contributed by atoms with Crippen molar-refractivity contribution in [2.75, 3.05) is 13.1 Å². The molecule has 0 aliphatic heterocycles. The molecule has 0 saturated heterocycles. The molecule has 0 bridgehead atoms. The summed E-state index contributed by atoms with van der Waals surface area (Å²) in [4.78, 5) is 6.69. The van der Waals surface area contributed by atoms with Crippen LogP contribution in [0.4, 0.5) is 0 Å². The van der Waals surface area contributed by atoms with E-state index in [-0.39, 0.29) is 0 Å². The summed E-state index contributed by atoms with van der Waals surface area (Å²) in [7, 11) is 0. The van der Waals surface area contributed by atoms with Crippen molar-refractivity contribution in [1.29, 1.82) is 0 Å². The highest BCUT2D eigenvalue weighted by atomic mass is 15.3. The Kier molecular flexibility index (Phi) is 4.23. The van der Waals surface area contributed by atoms with Crippen molar-refractivity contribution in [3.63, 3.8) is 0 Å². The zero-order chi connectivity index (χ0) is 10.6. The van der Waals surface area contributed by atoms with Crippen LogP contribution in [0.3, 0.4) is 0 Å². The first-order valence-electron chi connectivity index (χ1n) is 5.71. The summed E-state index contributed by atoms with van der Waals surface area (Å²) < 4.78 is 0. The Morgan fingerprint density at radius 1 is 1.50 bits per heavy atom. The molecular weight excluding hydrogens is 174 g/mol. The van der Waals surface area contributed by atoms with Gasteiger partial charge in [0.05, 0.1) is 0 Å². The first-order chi connectivity index (χ1) is 6.65. The van der Waals surface area contributed by atoms with Crippen LogP contribution >= 0.6 is 0 Å². The smallest absolute Gasteiger partial charge is 0.191 e. The van der Waals surface area contributed by atoms with Gasteiger partial charge in [-0.1, -0.05) is 20.8 Å². The molecular formula is C11H23N3. The Bertz CT molecular complexity index is 195. The largest absolute Gasteiger partial charge is 0.370 e. The fourth-order valence-corrected chi connectivity index (χ4v) is 1.48. The van der Waals surface area contributed by atoms with Crippen LogP contribution in [0.5, 0.6) is 0 Å². The molecule has 1 fully saturated rings. The zero-order valence-corrected chi connectivity index (χ0v) is 9.66. The van der Waals surface area contributed by atoms with Crippen LogP contribution in [0.2, 0.25) is 0 Å². The normalized spacial score (nSPS) is 17.6. The van der Waals surface area contributed by atoms with E-state index in [1.165, 1.54) is 12.8 Å². The molecule has 3 heteroatoms. The van der Waals surface area contributed by atoms with Gasteiger partial charge in [0.1, 0.15) is 0 Å². The summed E-state index contributed by atoms with van der Waals surface area (Å²) in [6, 6.07) is 0.686. The highest BCUT2D eigenvalue weighted by Gasteiger charge is 2.29. The fraction of sp³-hybridized carbons (Fsp3) is 0.909. The van der Waals surface area contributed by atoms with Gasteiger partial charge in [-0.15, -0.1) is 0 Å². The van der Waals surface area contributed by atoms with Crippen LogP contribution in [-0.4, -0.2) is 30.0 Å². The summed E-state index contributed by atoms with van der Waals surface area (Å²) in [6.45, 7) is 8.41. The van der Waals surface area contributed by atoms with Crippen molar-refractivity contribution in [3.8, 4) is 0 Å². The molecule has 82 valence electrons. The lowest BCUT2D eigenvalue weighted by molar-refractivity contribution is 0.401. The third kappa shape index (κ3) is 3.56. The molecule has 0 aromatic heterocycles. The quantitative estimate of drug-likeness (QED) is 0.539. The Morgan fingerprint density at radius 3 is 2.57 bits per heavy atom. The van der Waals surface area contributed by atoms with Gasteiger partial charge >= 0.3 is 0 Å². The topological polar surface area (TPSA) is 41.6 Å². The summed E-state index contributed by atoms with van der Waals surface area (Å²) in [5, 5.41) is 0. The molecule has 1 rings (SSSR count). The van der Waals surface area contributed by atoms with Crippen molar-refractivity contribution >= 4 is 5.96 Å². The number of rotatable bonds is 5. The van der Waals surface area contributed by atoms with E-state index in [1.807, 2.05) is 0 Å². The molecule has 0 amide bonds. The van der Waals surface area contributed by atoms with E-state index >= 15 is 0 Å². The van der Waals surface area contributed by atoms with Crippen LogP contribution < -0.4 is 5.73 Å². The van der Waals surface area contributed by atoms with Gasteiger partial charge in [0.2, 0.25) is 0 Å². The first kappa shape index (κ1) is 11.3. The van der Waals surface area contributed by atoms with Crippen LogP contribution in [0, 0.1) is 5.92 Å². The van der Waals surface area contributed by atoms with Crippen molar-refractivity contribution in [2.24, 2.45) is 16.6 Å². The molecule has 1 aliphatic rings. The lowest BCUT2D eigenvalue weighted by atomic mass is 10.2. The van der Waals surface area contributed by atoms with E-state index in [9.17, 15) is 0 Å². The van der Waals surface area contributed by atoms with Gasteiger partial charge in [0, 0.05) is 19.1 Å². The average molecular weight is 197 g/mol. The highest BCUT2D eigenvalue weighted by Crippen LogP contribution is 2.26. The number of guanidine groups is 1. The Hall–Kier alpha value is -0.730. The maximum atomic E-state index is 5.97. The minimum atomic E-state index is 0.594. The second kappa shape index (κ2) is 5.23. The zero-order valence-electron chi connectivity index (χ0n) is 9.66. The molecule has 0 aromatic rings. The lowest BCUT2D eigenvalue weighted by Crippen LogP contribution is -2.39. The van der Waals surface area contributed by atoms with Gasteiger partial charge in [-0.2, -0.15) is 0 Å². The van der Waals surface area contributed by atoms with Gasteiger partial charge in [0.25, 0.3) is 0 Å². The van der Waals surface area contributed by atoms with Gasteiger partial charge in [0.15, 0.2) is 5.96 Å². The number of nitrogens with zero attached hydrogens (tertiary/aromatic N) is 2. The van der Waals surface area contributed by atoms with Crippen LogP contribution in [0.25, 0.3) is 0 Å². The third-order valence-corrected chi connectivity index (χ3v) is 2.36. The van der Waals surface area contributed by atoms with E-state index in [0.29, 0.717) is 12.0 Å². The minimum Gasteiger partial charge on any atom is -0.370 e. The molecule has 1 aliphatic carbocycles. The van der Waals surface area contributed by atoms with E-state index in [1.54, 1.807) is 0 Å². The molecule has 1 saturated carbocycles. The first-order valence-corrected chi connectivity index (χ1v) is 5.71. The second-order valence-corrected chi connectivity index (χ2v) is 4.52. The molecule has 14 heavy (non-hydrogen) atoms. The van der Waals surface area contributed by atoms with E-state index in [2.05, 4.69) is 30.7 Å². The van der Waals surface area contributed by atoms with Crippen LogP contribution in [-0.2, 0) is 0 Å².